The van der Waals surface area contributed by atoms with Crippen LogP contribution < -0.4 is 10.5 Å². The molecule has 6 nitrogen and oxygen atoms in total. The number of sulfonamides is 1. The first kappa shape index (κ1) is 13.8. The number of hydrogen-bond acceptors (Lipinski definition) is 4. The van der Waals surface area contributed by atoms with E-state index in [4.69, 9.17) is 15.9 Å². The van der Waals surface area contributed by atoms with Crippen LogP contribution in [0.25, 0.3) is 0 Å². The molecule has 0 amide bonds. The Morgan fingerprint density at radius 1 is 1.53 bits per heavy atom. The third-order valence-electron chi connectivity index (χ3n) is 2.88. The smallest absolute Gasteiger partial charge is 0.235 e. The van der Waals surface area contributed by atoms with Crippen LogP contribution in [0.4, 0.5) is 5.69 Å². The number of hydrogen-bond donors (Lipinski definition) is 3. The molecule has 0 saturated carbocycles. The topological polar surface area (TPSA) is 105 Å². The highest BCUT2D eigenvalue weighted by molar-refractivity contribution is 7.92. The first-order valence-electron chi connectivity index (χ1n) is 6.03. The van der Waals surface area contributed by atoms with Gasteiger partial charge in [0.25, 0.3) is 0 Å². The standard InChI is InChI=1S/C12H17N3O3S/c13-12(14)9-3-1-4-10(7-9)15-19(16,17)8-11-5-2-6-18-11/h1,3-4,7,11,15H,2,5-6,8H2,(H3,13,14). The Morgan fingerprint density at radius 3 is 2.95 bits per heavy atom. The van der Waals surface area contributed by atoms with Gasteiger partial charge in [0.15, 0.2) is 0 Å². The van der Waals surface area contributed by atoms with Crippen molar-refractivity contribution in [1.82, 2.24) is 0 Å². The van der Waals surface area contributed by atoms with E-state index >= 15 is 0 Å². The highest BCUT2D eigenvalue weighted by atomic mass is 32.2. The van der Waals surface area contributed by atoms with E-state index in [1.54, 1.807) is 18.2 Å². The highest BCUT2D eigenvalue weighted by Gasteiger charge is 2.23. The molecule has 1 aromatic rings. The Hall–Kier alpha value is -1.60. The van der Waals surface area contributed by atoms with E-state index in [2.05, 4.69) is 4.72 Å². The zero-order valence-electron chi connectivity index (χ0n) is 10.4. The summed E-state index contributed by atoms with van der Waals surface area (Å²) in [5.41, 5.74) is 6.26. The van der Waals surface area contributed by atoms with Crippen molar-refractivity contribution in [3.05, 3.63) is 29.8 Å². The van der Waals surface area contributed by atoms with Crippen molar-refractivity contribution < 1.29 is 13.2 Å². The molecule has 1 heterocycles. The molecule has 1 fully saturated rings. The predicted octanol–water partition coefficient (Wildman–Crippen LogP) is 0.891. The zero-order chi connectivity index (χ0) is 13.9. The van der Waals surface area contributed by atoms with Gasteiger partial charge >= 0.3 is 0 Å². The first-order valence-corrected chi connectivity index (χ1v) is 7.68. The molecule has 1 saturated heterocycles. The lowest BCUT2D eigenvalue weighted by atomic mass is 10.2. The molecule has 1 aliphatic heterocycles. The molecule has 0 spiro atoms. The molecule has 1 atom stereocenters. The number of nitrogens with one attached hydrogen (secondary N) is 2. The third-order valence-corrected chi connectivity index (χ3v) is 4.23. The molecule has 1 unspecified atom stereocenters. The second kappa shape index (κ2) is 5.58. The van der Waals surface area contributed by atoms with Crippen LogP contribution in [0.3, 0.4) is 0 Å². The number of benzene rings is 1. The number of rotatable bonds is 5. The van der Waals surface area contributed by atoms with E-state index in [9.17, 15) is 8.42 Å². The number of nitrogens with two attached hydrogens (primary N) is 1. The molecule has 0 radical (unpaired) electrons. The quantitative estimate of drug-likeness (QED) is 0.551. The maximum atomic E-state index is 12.0. The summed E-state index contributed by atoms with van der Waals surface area (Å²) >= 11 is 0. The van der Waals surface area contributed by atoms with Crippen molar-refractivity contribution >= 4 is 21.5 Å². The van der Waals surface area contributed by atoms with E-state index in [1.807, 2.05) is 0 Å². The summed E-state index contributed by atoms with van der Waals surface area (Å²) in [7, 11) is -3.45. The van der Waals surface area contributed by atoms with Crippen LogP contribution >= 0.6 is 0 Å². The molecule has 0 bridgehead atoms. The molecule has 104 valence electrons. The molecule has 4 N–H and O–H groups in total. The normalized spacial score (nSPS) is 19.3. The molecule has 1 aromatic carbocycles. The minimum absolute atomic E-state index is 0.0443. The van der Waals surface area contributed by atoms with Gasteiger partial charge in [-0.05, 0) is 25.0 Å². The van der Waals surface area contributed by atoms with Gasteiger partial charge in [0.1, 0.15) is 5.84 Å². The average molecular weight is 283 g/mol. The van der Waals surface area contributed by atoms with Gasteiger partial charge in [-0.25, -0.2) is 8.42 Å². The number of anilines is 1. The minimum atomic E-state index is -3.45. The summed E-state index contributed by atoms with van der Waals surface area (Å²) in [6, 6.07) is 6.47. The molecule has 19 heavy (non-hydrogen) atoms. The van der Waals surface area contributed by atoms with Gasteiger partial charge in [-0.1, -0.05) is 12.1 Å². The van der Waals surface area contributed by atoms with Crippen LogP contribution in [0, 0.1) is 5.41 Å². The van der Waals surface area contributed by atoms with Gasteiger partial charge in [0.05, 0.1) is 11.9 Å². The number of amidine groups is 1. The fourth-order valence-electron chi connectivity index (χ4n) is 1.99. The van der Waals surface area contributed by atoms with Crippen LogP contribution in [0.5, 0.6) is 0 Å². The fraction of sp³-hybridized carbons (Fsp3) is 0.417. The Labute approximate surface area is 112 Å². The van der Waals surface area contributed by atoms with Crippen molar-refractivity contribution in [2.45, 2.75) is 18.9 Å². The lowest BCUT2D eigenvalue weighted by Gasteiger charge is -2.12. The van der Waals surface area contributed by atoms with Gasteiger partial charge in [-0.2, -0.15) is 0 Å². The van der Waals surface area contributed by atoms with Crippen LogP contribution in [0.15, 0.2) is 24.3 Å². The second-order valence-corrected chi connectivity index (χ2v) is 6.28. The summed E-state index contributed by atoms with van der Waals surface area (Å²) < 4.78 is 31.7. The van der Waals surface area contributed by atoms with E-state index < -0.39 is 10.0 Å². The van der Waals surface area contributed by atoms with Gasteiger partial charge in [-0.15, -0.1) is 0 Å². The molecule has 7 heteroatoms. The van der Waals surface area contributed by atoms with E-state index in [1.165, 1.54) is 6.07 Å². The number of ether oxygens (including phenoxy) is 1. The molecule has 0 aromatic heterocycles. The van der Waals surface area contributed by atoms with E-state index in [0.29, 0.717) is 17.9 Å². The third kappa shape index (κ3) is 3.93. The van der Waals surface area contributed by atoms with Crippen LogP contribution in [0.1, 0.15) is 18.4 Å². The summed E-state index contributed by atoms with van der Waals surface area (Å²) in [5.74, 6) is -0.141. The van der Waals surface area contributed by atoms with Gasteiger partial charge in [0, 0.05) is 17.9 Å². The lowest BCUT2D eigenvalue weighted by Crippen LogP contribution is -2.25. The van der Waals surface area contributed by atoms with Crippen molar-refractivity contribution in [1.29, 1.82) is 5.41 Å². The summed E-state index contributed by atoms with van der Waals surface area (Å²) in [5, 5.41) is 7.32. The van der Waals surface area contributed by atoms with Crippen molar-refractivity contribution in [3.63, 3.8) is 0 Å². The van der Waals surface area contributed by atoms with Gasteiger partial charge in [-0.3, -0.25) is 10.1 Å². The lowest BCUT2D eigenvalue weighted by molar-refractivity contribution is 0.127. The van der Waals surface area contributed by atoms with Crippen molar-refractivity contribution in [2.75, 3.05) is 17.1 Å². The summed E-state index contributed by atoms with van der Waals surface area (Å²) in [4.78, 5) is 0. The number of nitrogen functional groups attached to an aromatic ring is 1. The SMILES string of the molecule is N=C(N)c1cccc(NS(=O)(=O)CC2CCCO2)c1. The molecule has 0 aliphatic carbocycles. The maximum Gasteiger partial charge on any atom is 0.235 e. The van der Waals surface area contributed by atoms with Gasteiger partial charge in [0.2, 0.25) is 10.0 Å². The highest BCUT2D eigenvalue weighted by Crippen LogP contribution is 2.17. The van der Waals surface area contributed by atoms with Crippen LogP contribution in [-0.2, 0) is 14.8 Å². The predicted molar refractivity (Wildman–Crippen MR) is 73.8 cm³/mol. The Morgan fingerprint density at radius 2 is 2.32 bits per heavy atom. The fourth-order valence-corrected chi connectivity index (χ4v) is 3.31. The van der Waals surface area contributed by atoms with Crippen molar-refractivity contribution in [2.24, 2.45) is 5.73 Å². The first-order chi connectivity index (χ1) is 8.96. The second-order valence-electron chi connectivity index (χ2n) is 4.51. The molecule has 2 rings (SSSR count). The van der Waals surface area contributed by atoms with E-state index in [-0.39, 0.29) is 17.7 Å². The minimum Gasteiger partial charge on any atom is -0.384 e. The average Bonchev–Trinajstić information content (AvgIpc) is 2.80. The van der Waals surface area contributed by atoms with Crippen molar-refractivity contribution in [3.8, 4) is 0 Å². The van der Waals surface area contributed by atoms with E-state index in [0.717, 1.165) is 12.8 Å². The maximum absolute atomic E-state index is 12.0. The molecule has 1 aliphatic rings. The molecular weight excluding hydrogens is 266 g/mol. The van der Waals surface area contributed by atoms with Crippen LogP contribution in [0.2, 0.25) is 0 Å². The Bertz CT molecular complexity index is 565. The zero-order valence-corrected chi connectivity index (χ0v) is 11.2. The largest absolute Gasteiger partial charge is 0.384 e. The monoisotopic (exact) mass is 283 g/mol. The molecular formula is C12H17N3O3S. The summed E-state index contributed by atoms with van der Waals surface area (Å²) in [6.45, 7) is 0.625. The Balaban J connectivity index is 2.06. The summed E-state index contributed by atoms with van der Waals surface area (Å²) in [6.07, 6.45) is 1.45. The van der Waals surface area contributed by atoms with Gasteiger partial charge < -0.3 is 10.5 Å². The van der Waals surface area contributed by atoms with Crippen LogP contribution in [-0.4, -0.2) is 32.7 Å². The Kier molecular flexibility index (Phi) is 4.06.